The zero-order valence-electron chi connectivity index (χ0n) is 13.7. The number of nitrogens with one attached hydrogen (secondary N) is 1. The van der Waals surface area contributed by atoms with Crippen LogP contribution in [0.2, 0.25) is 0 Å². The maximum atomic E-state index is 12.5. The number of rotatable bonds is 5. The molecule has 0 fully saturated rings. The van der Waals surface area contributed by atoms with Crippen molar-refractivity contribution in [2.24, 2.45) is 0 Å². The fourth-order valence-electron chi connectivity index (χ4n) is 2.76. The van der Waals surface area contributed by atoms with Gasteiger partial charge in [-0.2, -0.15) is 0 Å². The first-order valence-electron chi connectivity index (χ1n) is 8.04. The van der Waals surface area contributed by atoms with Crippen LogP contribution in [0.25, 0.3) is 0 Å². The zero-order valence-corrected chi connectivity index (χ0v) is 13.7. The fraction of sp³-hybridized carbons (Fsp3) is 0.278. The lowest BCUT2D eigenvalue weighted by atomic mass is 10.0. The van der Waals surface area contributed by atoms with Gasteiger partial charge in [0.15, 0.2) is 11.5 Å². The maximum absolute atomic E-state index is 12.5. The number of hydrogen-bond donors (Lipinski definition) is 1. The average Bonchev–Trinajstić information content (AvgIpc) is 2.65. The third-order valence-electron chi connectivity index (χ3n) is 4.03. The van der Waals surface area contributed by atoms with Crippen LogP contribution in [0.4, 0.5) is 5.69 Å². The van der Waals surface area contributed by atoms with E-state index >= 15 is 0 Å². The summed E-state index contributed by atoms with van der Waals surface area (Å²) in [5.74, 6) is 0.839. The van der Waals surface area contributed by atoms with Crippen LogP contribution >= 0.6 is 0 Å². The van der Waals surface area contributed by atoms with Crippen LogP contribution < -0.4 is 14.8 Å². The van der Waals surface area contributed by atoms with E-state index in [0.717, 1.165) is 5.56 Å². The van der Waals surface area contributed by atoms with E-state index in [4.69, 9.17) is 9.47 Å². The van der Waals surface area contributed by atoms with Crippen LogP contribution in [0.15, 0.2) is 42.5 Å². The molecule has 7 heteroatoms. The Morgan fingerprint density at radius 1 is 1.20 bits per heavy atom. The van der Waals surface area contributed by atoms with Crippen molar-refractivity contribution in [1.29, 1.82) is 0 Å². The number of carbonyl (C=O) groups excluding carboxylic acids is 1. The first kappa shape index (κ1) is 16.8. The molecule has 0 aliphatic carbocycles. The highest BCUT2D eigenvalue weighted by atomic mass is 16.6. The molecule has 0 saturated carbocycles. The number of para-hydroxylation sites is 1. The van der Waals surface area contributed by atoms with Crippen LogP contribution in [-0.4, -0.2) is 24.0 Å². The second kappa shape index (κ2) is 7.21. The van der Waals surface area contributed by atoms with Crippen molar-refractivity contribution in [2.75, 3.05) is 13.2 Å². The Balaban J connectivity index is 1.83. The Hall–Kier alpha value is -3.09. The van der Waals surface area contributed by atoms with E-state index in [1.165, 1.54) is 18.2 Å². The number of fused-ring (bicyclic) bond motifs is 1. The minimum absolute atomic E-state index is 0.0449. The van der Waals surface area contributed by atoms with E-state index in [9.17, 15) is 14.9 Å². The normalized spacial score (nSPS) is 13.8. The molecule has 3 rings (SSSR count). The van der Waals surface area contributed by atoms with Gasteiger partial charge >= 0.3 is 0 Å². The quantitative estimate of drug-likeness (QED) is 0.665. The molecule has 1 unspecified atom stereocenters. The van der Waals surface area contributed by atoms with Crippen molar-refractivity contribution in [2.45, 2.75) is 19.4 Å². The van der Waals surface area contributed by atoms with Gasteiger partial charge in [-0.25, -0.2) is 0 Å². The molecule has 7 nitrogen and oxygen atoms in total. The van der Waals surface area contributed by atoms with Gasteiger partial charge in [0, 0.05) is 6.07 Å². The molecule has 0 spiro atoms. The van der Waals surface area contributed by atoms with Gasteiger partial charge in [0.25, 0.3) is 11.6 Å². The fourth-order valence-corrected chi connectivity index (χ4v) is 2.76. The van der Waals surface area contributed by atoms with Crippen LogP contribution in [0.5, 0.6) is 11.5 Å². The summed E-state index contributed by atoms with van der Waals surface area (Å²) in [5.41, 5.74) is 0.694. The number of hydrogen-bond acceptors (Lipinski definition) is 5. The van der Waals surface area contributed by atoms with Crippen LogP contribution in [0.1, 0.15) is 35.3 Å². The smallest absolute Gasteiger partial charge is 0.282 e. The number of nitro benzene ring substituents is 1. The molecular weight excluding hydrogens is 324 g/mol. The Bertz CT molecular complexity index is 806. The Morgan fingerprint density at radius 3 is 2.64 bits per heavy atom. The second-order valence-corrected chi connectivity index (χ2v) is 5.61. The third-order valence-corrected chi connectivity index (χ3v) is 4.03. The van der Waals surface area contributed by atoms with Crippen molar-refractivity contribution in [3.05, 3.63) is 63.7 Å². The molecule has 1 aliphatic rings. The van der Waals surface area contributed by atoms with Gasteiger partial charge in [-0.05, 0) is 30.2 Å². The van der Waals surface area contributed by atoms with E-state index in [1.807, 2.05) is 25.1 Å². The molecule has 1 aliphatic heterocycles. The third kappa shape index (κ3) is 3.55. The SMILES string of the molecule is CCC(NC(=O)c1ccccc1[N+](=O)[O-])c1ccc2c(c1)OCCO2. The van der Waals surface area contributed by atoms with Crippen LogP contribution in [0, 0.1) is 10.1 Å². The van der Waals surface area contributed by atoms with Crippen molar-refractivity contribution in [1.82, 2.24) is 5.32 Å². The second-order valence-electron chi connectivity index (χ2n) is 5.61. The van der Waals surface area contributed by atoms with E-state index < -0.39 is 10.8 Å². The molecule has 1 atom stereocenters. The number of ether oxygens (including phenoxy) is 2. The molecular formula is C18H18N2O5. The minimum Gasteiger partial charge on any atom is -0.486 e. The summed E-state index contributed by atoms with van der Waals surface area (Å²) in [5, 5.41) is 14.0. The predicted octanol–water partition coefficient (Wildman–Crippen LogP) is 3.25. The molecule has 0 bridgehead atoms. The average molecular weight is 342 g/mol. The van der Waals surface area contributed by atoms with E-state index in [2.05, 4.69) is 5.32 Å². The summed E-state index contributed by atoms with van der Waals surface area (Å²) in [7, 11) is 0. The highest BCUT2D eigenvalue weighted by Gasteiger charge is 2.23. The molecule has 25 heavy (non-hydrogen) atoms. The lowest BCUT2D eigenvalue weighted by Crippen LogP contribution is -2.29. The predicted molar refractivity (Wildman–Crippen MR) is 91.0 cm³/mol. The number of benzene rings is 2. The highest BCUT2D eigenvalue weighted by molar-refractivity contribution is 5.98. The topological polar surface area (TPSA) is 90.7 Å². The highest BCUT2D eigenvalue weighted by Crippen LogP contribution is 2.33. The molecule has 130 valence electrons. The molecule has 1 heterocycles. The summed E-state index contributed by atoms with van der Waals surface area (Å²) in [6.45, 7) is 2.93. The van der Waals surface area contributed by atoms with Gasteiger partial charge in [-0.1, -0.05) is 25.1 Å². The first-order chi connectivity index (χ1) is 12.1. The molecule has 2 aromatic rings. The van der Waals surface area contributed by atoms with E-state index in [1.54, 1.807) is 6.07 Å². The molecule has 2 aromatic carbocycles. The number of carbonyl (C=O) groups is 1. The van der Waals surface area contributed by atoms with E-state index in [-0.39, 0.29) is 17.3 Å². The minimum atomic E-state index is -0.556. The number of amides is 1. The summed E-state index contributed by atoms with van der Waals surface area (Å²) in [4.78, 5) is 23.1. The van der Waals surface area contributed by atoms with Gasteiger partial charge in [0.1, 0.15) is 18.8 Å². The largest absolute Gasteiger partial charge is 0.486 e. The van der Waals surface area contributed by atoms with Crippen molar-refractivity contribution >= 4 is 11.6 Å². The Morgan fingerprint density at radius 2 is 1.92 bits per heavy atom. The van der Waals surface area contributed by atoms with Gasteiger partial charge < -0.3 is 14.8 Å². The van der Waals surface area contributed by atoms with Crippen molar-refractivity contribution < 1.29 is 19.2 Å². The van der Waals surface area contributed by atoms with E-state index in [0.29, 0.717) is 31.1 Å². The first-order valence-corrected chi connectivity index (χ1v) is 8.04. The Kier molecular flexibility index (Phi) is 4.83. The lowest BCUT2D eigenvalue weighted by molar-refractivity contribution is -0.385. The van der Waals surface area contributed by atoms with Gasteiger partial charge in [-0.3, -0.25) is 14.9 Å². The summed E-state index contributed by atoms with van der Waals surface area (Å²) in [6, 6.07) is 11.1. The monoisotopic (exact) mass is 342 g/mol. The summed E-state index contributed by atoms with van der Waals surface area (Å²) >= 11 is 0. The van der Waals surface area contributed by atoms with Crippen LogP contribution in [0.3, 0.4) is 0 Å². The van der Waals surface area contributed by atoms with Gasteiger partial charge in [-0.15, -0.1) is 0 Å². The van der Waals surface area contributed by atoms with Gasteiger partial charge in [0.05, 0.1) is 11.0 Å². The number of nitro groups is 1. The lowest BCUT2D eigenvalue weighted by Gasteiger charge is -2.22. The van der Waals surface area contributed by atoms with Gasteiger partial charge in [0.2, 0.25) is 0 Å². The molecule has 1 amide bonds. The standard InChI is InChI=1S/C18H18N2O5/c1-2-14(12-7-8-16-17(11-12)25-10-9-24-16)19-18(21)13-5-3-4-6-15(13)20(22)23/h3-8,11,14H,2,9-10H2,1H3,(H,19,21). The van der Waals surface area contributed by atoms with Crippen molar-refractivity contribution in [3.63, 3.8) is 0 Å². The molecule has 1 N–H and O–H groups in total. The molecule has 0 radical (unpaired) electrons. The molecule has 0 saturated heterocycles. The van der Waals surface area contributed by atoms with Crippen LogP contribution in [-0.2, 0) is 0 Å². The summed E-state index contributed by atoms with van der Waals surface area (Å²) < 4.78 is 11.1. The Labute approximate surface area is 144 Å². The van der Waals surface area contributed by atoms with Crippen molar-refractivity contribution in [3.8, 4) is 11.5 Å². The number of nitrogens with zero attached hydrogens (tertiary/aromatic N) is 1. The summed E-state index contributed by atoms with van der Waals surface area (Å²) in [6.07, 6.45) is 0.631. The maximum Gasteiger partial charge on any atom is 0.282 e. The molecule has 0 aromatic heterocycles. The zero-order chi connectivity index (χ0) is 17.8.